The van der Waals surface area contributed by atoms with Crippen molar-refractivity contribution < 1.29 is 18.0 Å². The van der Waals surface area contributed by atoms with Crippen molar-refractivity contribution >= 4 is 21.7 Å². The van der Waals surface area contributed by atoms with Crippen molar-refractivity contribution in [3.63, 3.8) is 0 Å². The third kappa shape index (κ3) is 5.54. The Hall–Kier alpha value is -1.93. The second-order valence-corrected chi connectivity index (χ2v) is 8.76. The average Bonchev–Trinajstić information content (AvgIpc) is 2.61. The molecule has 0 radical (unpaired) electrons. The van der Waals surface area contributed by atoms with Gasteiger partial charge in [0.15, 0.2) is 9.84 Å². The summed E-state index contributed by atoms with van der Waals surface area (Å²) in [5, 5.41) is 2.94. The van der Waals surface area contributed by atoms with Crippen molar-refractivity contribution in [1.29, 1.82) is 0 Å². The molecule has 1 heterocycles. The third-order valence-electron chi connectivity index (χ3n) is 4.56. The van der Waals surface area contributed by atoms with Crippen molar-refractivity contribution in [2.24, 2.45) is 0 Å². The predicted octanol–water partition coefficient (Wildman–Crippen LogP) is 0.763. The van der Waals surface area contributed by atoms with E-state index in [1.807, 2.05) is 18.7 Å². The molecule has 1 N–H and O–H groups in total. The van der Waals surface area contributed by atoms with E-state index in [0.29, 0.717) is 38.3 Å². The highest BCUT2D eigenvalue weighted by Crippen LogP contribution is 2.14. The monoisotopic (exact) mass is 381 g/mol. The Morgan fingerprint density at radius 2 is 1.85 bits per heavy atom. The van der Waals surface area contributed by atoms with Crippen molar-refractivity contribution in [1.82, 2.24) is 15.1 Å². The Labute approximate surface area is 155 Å². The molecule has 0 bridgehead atoms. The van der Waals surface area contributed by atoms with Gasteiger partial charge in [0.2, 0.25) is 5.91 Å². The van der Waals surface area contributed by atoms with E-state index in [4.69, 9.17) is 0 Å². The van der Waals surface area contributed by atoms with Crippen LogP contribution in [0.1, 0.15) is 30.6 Å². The molecular formula is C18H27N3O4S. The predicted molar refractivity (Wildman–Crippen MR) is 99.8 cm³/mol. The molecule has 1 atom stereocenters. The van der Waals surface area contributed by atoms with E-state index in [1.54, 1.807) is 17.0 Å². The third-order valence-corrected chi connectivity index (χ3v) is 5.67. The summed E-state index contributed by atoms with van der Waals surface area (Å²) < 4.78 is 23.3. The van der Waals surface area contributed by atoms with Crippen LogP contribution in [0.5, 0.6) is 0 Å². The number of nitrogens with zero attached hydrogens (tertiary/aromatic N) is 2. The number of benzene rings is 1. The number of amides is 2. The van der Waals surface area contributed by atoms with E-state index in [2.05, 4.69) is 5.32 Å². The van der Waals surface area contributed by atoms with Crippen LogP contribution in [-0.4, -0.2) is 75.1 Å². The van der Waals surface area contributed by atoms with Crippen LogP contribution in [-0.2, 0) is 14.6 Å². The Morgan fingerprint density at radius 3 is 2.42 bits per heavy atom. The SMILES string of the molecule is CCC(C)NC(=O)CN1CCN(C(=O)c2cccc(S(C)(=O)=O)c2)CC1. The standard InChI is InChI=1S/C18H27N3O4S/c1-4-14(2)19-17(22)13-20-8-10-21(11-9-20)18(23)15-6-5-7-16(12-15)26(3,24)25/h5-7,12,14H,4,8-11,13H2,1-3H3,(H,19,22). The normalized spacial score (nSPS) is 17.0. The van der Waals surface area contributed by atoms with E-state index in [9.17, 15) is 18.0 Å². The van der Waals surface area contributed by atoms with Gasteiger partial charge in [-0.25, -0.2) is 8.42 Å². The molecule has 7 nitrogen and oxygen atoms in total. The molecule has 1 aromatic carbocycles. The van der Waals surface area contributed by atoms with Gasteiger partial charge in [-0.1, -0.05) is 13.0 Å². The number of hydrogen-bond donors (Lipinski definition) is 1. The topological polar surface area (TPSA) is 86.8 Å². The lowest BCUT2D eigenvalue weighted by atomic mass is 10.2. The van der Waals surface area contributed by atoms with E-state index >= 15 is 0 Å². The maximum Gasteiger partial charge on any atom is 0.253 e. The number of hydrogen-bond acceptors (Lipinski definition) is 5. The lowest BCUT2D eigenvalue weighted by Crippen LogP contribution is -2.51. The molecule has 2 rings (SSSR count). The minimum absolute atomic E-state index is 0.0000184. The summed E-state index contributed by atoms with van der Waals surface area (Å²) in [7, 11) is -3.35. The molecule has 26 heavy (non-hydrogen) atoms. The summed E-state index contributed by atoms with van der Waals surface area (Å²) in [5.41, 5.74) is 0.371. The van der Waals surface area contributed by atoms with E-state index in [0.717, 1.165) is 12.7 Å². The van der Waals surface area contributed by atoms with Gasteiger partial charge in [-0.15, -0.1) is 0 Å². The number of piperazine rings is 1. The first kappa shape index (κ1) is 20.4. The first-order valence-electron chi connectivity index (χ1n) is 8.82. The van der Waals surface area contributed by atoms with Crippen molar-refractivity contribution in [2.45, 2.75) is 31.2 Å². The molecule has 1 fully saturated rings. The smallest absolute Gasteiger partial charge is 0.253 e. The molecule has 1 saturated heterocycles. The van der Waals surface area contributed by atoms with Crippen LogP contribution in [0.2, 0.25) is 0 Å². The summed E-state index contributed by atoms with van der Waals surface area (Å²) in [6.45, 7) is 6.58. The fourth-order valence-electron chi connectivity index (χ4n) is 2.78. The largest absolute Gasteiger partial charge is 0.353 e. The van der Waals surface area contributed by atoms with Crippen LogP contribution in [0.3, 0.4) is 0 Å². The van der Waals surface area contributed by atoms with E-state index in [-0.39, 0.29) is 22.8 Å². The Morgan fingerprint density at radius 1 is 1.19 bits per heavy atom. The maximum absolute atomic E-state index is 12.6. The van der Waals surface area contributed by atoms with Crippen LogP contribution < -0.4 is 5.32 Å². The number of carbonyl (C=O) groups excluding carboxylic acids is 2. The minimum atomic E-state index is -3.35. The van der Waals surface area contributed by atoms with Gasteiger partial charge in [-0.3, -0.25) is 14.5 Å². The number of carbonyl (C=O) groups is 2. The highest BCUT2D eigenvalue weighted by atomic mass is 32.2. The Bertz CT molecular complexity index is 755. The van der Waals surface area contributed by atoms with Crippen LogP contribution in [0.25, 0.3) is 0 Å². The fourth-order valence-corrected chi connectivity index (χ4v) is 3.44. The summed E-state index contributed by atoms with van der Waals surface area (Å²) in [4.78, 5) is 28.4. The molecule has 0 aromatic heterocycles. The first-order chi connectivity index (χ1) is 12.2. The van der Waals surface area contributed by atoms with E-state index in [1.165, 1.54) is 12.1 Å². The zero-order chi connectivity index (χ0) is 19.3. The summed E-state index contributed by atoms with van der Waals surface area (Å²) >= 11 is 0. The summed E-state index contributed by atoms with van der Waals surface area (Å²) in [5.74, 6) is -0.181. The van der Waals surface area contributed by atoms with Crippen molar-refractivity contribution in [3.8, 4) is 0 Å². The van der Waals surface area contributed by atoms with Gasteiger partial charge in [0.05, 0.1) is 11.4 Å². The average molecular weight is 381 g/mol. The second-order valence-electron chi connectivity index (χ2n) is 6.75. The quantitative estimate of drug-likeness (QED) is 0.786. The van der Waals surface area contributed by atoms with Gasteiger partial charge in [0.25, 0.3) is 5.91 Å². The number of rotatable bonds is 6. The molecule has 0 saturated carbocycles. The molecule has 8 heteroatoms. The molecule has 0 aliphatic carbocycles. The van der Waals surface area contributed by atoms with Crippen molar-refractivity contribution in [2.75, 3.05) is 39.0 Å². The van der Waals surface area contributed by atoms with Crippen molar-refractivity contribution in [3.05, 3.63) is 29.8 Å². The van der Waals surface area contributed by atoms with Crippen LogP contribution >= 0.6 is 0 Å². The second kappa shape index (κ2) is 8.64. The summed E-state index contributed by atoms with van der Waals surface area (Å²) in [6, 6.07) is 6.28. The van der Waals surface area contributed by atoms with Crippen LogP contribution in [0, 0.1) is 0 Å². The van der Waals surface area contributed by atoms with E-state index < -0.39 is 9.84 Å². The Kier molecular flexibility index (Phi) is 6.77. The fraction of sp³-hybridized carbons (Fsp3) is 0.556. The molecule has 1 unspecified atom stereocenters. The molecule has 2 amide bonds. The van der Waals surface area contributed by atoms with Gasteiger partial charge >= 0.3 is 0 Å². The van der Waals surface area contributed by atoms with Gasteiger partial charge in [0, 0.05) is 44.0 Å². The summed E-state index contributed by atoms with van der Waals surface area (Å²) in [6.07, 6.45) is 2.01. The maximum atomic E-state index is 12.6. The lowest BCUT2D eigenvalue weighted by Gasteiger charge is -2.34. The Balaban J connectivity index is 1.91. The molecule has 0 spiro atoms. The minimum Gasteiger partial charge on any atom is -0.353 e. The molecular weight excluding hydrogens is 354 g/mol. The molecule has 1 aromatic rings. The number of nitrogens with one attached hydrogen (secondary N) is 1. The number of sulfone groups is 1. The highest BCUT2D eigenvalue weighted by Gasteiger charge is 2.24. The molecule has 144 valence electrons. The van der Waals surface area contributed by atoms with Gasteiger partial charge in [-0.05, 0) is 31.5 Å². The highest BCUT2D eigenvalue weighted by molar-refractivity contribution is 7.90. The molecule has 1 aliphatic heterocycles. The molecule has 1 aliphatic rings. The zero-order valence-corrected chi connectivity index (χ0v) is 16.4. The van der Waals surface area contributed by atoms with Crippen LogP contribution in [0.15, 0.2) is 29.2 Å². The van der Waals surface area contributed by atoms with Gasteiger partial charge in [0.1, 0.15) is 0 Å². The lowest BCUT2D eigenvalue weighted by molar-refractivity contribution is -0.123. The van der Waals surface area contributed by atoms with Gasteiger partial charge in [-0.2, -0.15) is 0 Å². The van der Waals surface area contributed by atoms with Crippen LogP contribution in [0.4, 0.5) is 0 Å². The van der Waals surface area contributed by atoms with Gasteiger partial charge < -0.3 is 10.2 Å². The first-order valence-corrected chi connectivity index (χ1v) is 10.7. The zero-order valence-electron chi connectivity index (χ0n) is 15.6.